The van der Waals surface area contributed by atoms with Gasteiger partial charge < -0.3 is 21.7 Å². The second-order valence-electron chi connectivity index (χ2n) is 9.33. The van der Waals surface area contributed by atoms with Crippen molar-refractivity contribution in [1.29, 1.82) is 10.5 Å². The van der Waals surface area contributed by atoms with Crippen molar-refractivity contribution >= 4 is 37.0 Å². The lowest BCUT2D eigenvalue weighted by atomic mass is 9.78. The first-order valence-corrected chi connectivity index (χ1v) is 15.6. The molecule has 2 aromatic rings. The van der Waals surface area contributed by atoms with Crippen LogP contribution in [0, 0.1) is 33.9 Å². The van der Waals surface area contributed by atoms with Crippen LogP contribution >= 0.6 is 0 Å². The lowest BCUT2D eigenvalue weighted by Gasteiger charge is -2.36. The maximum Gasteiger partial charge on any atom is 0.253 e. The molecule has 0 bridgehead atoms. The summed E-state index contributed by atoms with van der Waals surface area (Å²) < 4.78 is 85.1. The zero-order valence-corrected chi connectivity index (χ0v) is 24.3. The highest BCUT2D eigenvalue weighted by Gasteiger charge is 2.37. The number of hydrogen-bond donors (Lipinski definition) is 4. The number of anilines is 2. The minimum Gasteiger partial charge on any atom is -0.399 e. The Morgan fingerprint density at radius 1 is 0.951 bits per heavy atom. The van der Waals surface area contributed by atoms with Gasteiger partial charge in [0, 0.05) is 54.9 Å². The molecule has 0 spiro atoms. The van der Waals surface area contributed by atoms with E-state index in [2.05, 4.69) is 21.6 Å². The molecule has 9 nitrogen and oxygen atoms in total. The van der Waals surface area contributed by atoms with Crippen LogP contribution in [-0.2, 0) is 4.79 Å². The molecule has 0 saturated heterocycles. The third-order valence-corrected chi connectivity index (χ3v) is 5.62. The van der Waals surface area contributed by atoms with E-state index in [0.29, 0.717) is 5.69 Å². The van der Waals surface area contributed by atoms with Crippen LogP contribution in [0.25, 0.3) is 0 Å². The maximum absolute atomic E-state index is 13.9. The summed E-state index contributed by atoms with van der Waals surface area (Å²) >= 11 is 0. The third kappa shape index (κ3) is 11.8. The number of Topliss-reactive ketones (excluding diaryl/α,β-unsaturated/α-hetero) is 1. The monoisotopic (exact) mass is 592 g/mol. The van der Waals surface area contributed by atoms with Crippen molar-refractivity contribution in [2.45, 2.75) is 63.5 Å². The molecule has 0 atom stereocenters. The number of amides is 2. The average Bonchev–Trinajstić information content (AvgIpc) is 2.98. The van der Waals surface area contributed by atoms with Gasteiger partial charge in [-0.2, -0.15) is 5.26 Å². The van der Waals surface area contributed by atoms with E-state index < -0.39 is 74.8 Å². The number of nitriles is 2. The van der Waals surface area contributed by atoms with E-state index >= 15 is 0 Å². The highest BCUT2D eigenvalue weighted by molar-refractivity contribution is 6.83. The fourth-order valence-corrected chi connectivity index (χ4v) is 2.60. The molecule has 4 rings (SSSR count). The van der Waals surface area contributed by atoms with Gasteiger partial charge in [-0.1, -0.05) is 19.6 Å². The Bertz CT molecular complexity index is 1630. The van der Waals surface area contributed by atoms with E-state index in [-0.39, 0.29) is 23.2 Å². The van der Waals surface area contributed by atoms with Crippen molar-refractivity contribution in [1.82, 2.24) is 10.6 Å². The van der Waals surface area contributed by atoms with Gasteiger partial charge in [0.05, 0.1) is 17.2 Å². The van der Waals surface area contributed by atoms with Crippen molar-refractivity contribution in [3.63, 3.8) is 0 Å². The van der Waals surface area contributed by atoms with Crippen molar-refractivity contribution in [2.75, 3.05) is 25.1 Å². The molecule has 0 aromatic heterocycles. The molecule has 0 heterocycles. The number of nitrogens with zero attached hydrogens (tertiary/aromatic N) is 2. The summed E-state index contributed by atoms with van der Waals surface area (Å²) in [6, 6.07) is 9.02. The Labute approximate surface area is 252 Å². The van der Waals surface area contributed by atoms with Gasteiger partial charge in [0.2, 0.25) is 0 Å². The van der Waals surface area contributed by atoms with Gasteiger partial charge in [-0.15, -0.1) is 0 Å². The number of nitrogen functional groups attached to an aromatic ring is 1. The first-order valence-electron chi connectivity index (χ1n) is 16.1. The van der Waals surface area contributed by atoms with Crippen LogP contribution < -0.4 is 21.7 Å². The number of halogens is 2. The zero-order chi connectivity index (χ0) is 38.4. The molecule has 0 unspecified atom stereocenters. The molecule has 2 aromatic carbocycles. The number of nitrogens with two attached hydrogens (primary N) is 1. The van der Waals surface area contributed by atoms with Gasteiger partial charge in [0.25, 0.3) is 11.8 Å². The standard InChI is InChI=1S/C13H14FN3O.C8H9FN2O.C4H9NSi.C4H6O/c1-16-12(18)10-4-3-9(7-11(10)14)17-13(8-15)5-2-6-13;1-11-8(12)6-3-2-5(10)4-7(6)9;1-6(2,3)4-5;5-4-2-1-3-4/h3-4,7,17H,2,5-6H2,1H3,(H,16,18);2-4H,10H2,1H3,(H,11,12);1-3H3;1-3H2/i5D2,6D2;;;2D2,3D2. The minimum atomic E-state index is -2.11. The van der Waals surface area contributed by atoms with Gasteiger partial charge in [0.1, 0.15) is 23.0 Å². The molecule has 0 radical (unpaired) electrons. The molecule has 0 aliphatic heterocycles. The lowest BCUT2D eigenvalue weighted by molar-refractivity contribution is -0.123. The highest BCUT2D eigenvalue weighted by atomic mass is 28.3. The minimum absolute atomic E-state index is 0.00620. The molecule has 2 amide bonds. The van der Waals surface area contributed by atoms with E-state index in [1.165, 1.54) is 38.4 Å². The topological polar surface area (TPSA) is 161 Å². The second-order valence-corrected chi connectivity index (χ2v) is 14.1. The smallest absolute Gasteiger partial charge is 0.253 e. The van der Waals surface area contributed by atoms with Crippen LogP contribution in [-0.4, -0.2) is 45.3 Å². The summed E-state index contributed by atoms with van der Waals surface area (Å²) in [4.78, 5) is 32.8. The molecule has 41 heavy (non-hydrogen) atoms. The van der Waals surface area contributed by atoms with Crippen molar-refractivity contribution in [3.8, 4) is 11.8 Å². The van der Waals surface area contributed by atoms with Crippen LogP contribution in [0.3, 0.4) is 0 Å². The van der Waals surface area contributed by atoms with E-state index in [0.717, 1.165) is 12.1 Å². The summed E-state index contributed by atoms with van der Waals surface area (Å²) in [5.74, 6) is -3.44. The Hall–Kier alpha value is -4.29. The van der Waals surface area contributed by atoms with Crippen LogP contribution in [0.4, 0.5) is 20.2 Å². The first-order chi connectivity index (χ1) is 22.2. The molecule has 12 heteroatoms. The number of benzene rings is 2. The average molecular weight is 593 g/mol. The molecule has 2 fully saturated rings. The van der Waals surface area contributed by atoms with Crippen LogP contribution in [0.2, 0.25) is 19.6 Å². The van der Waals surface area contributed by atoms with Gasteiger partial charge in [-0.25, -0.2) is 14.0 Å². The molecule has 5 N–H and O–H groups in total. The largest absolute Gasteiger partial charge is 0.399 e. The summed E-state index contributed by atoms with van der Waals surface area (Å²) in [7, 11) is 1.47. The predicted molar refractivity (Wildman–Crippen MR) is 158 cm³/mol. The lowest BCUT2D eigenvalue weighted by Crippen LogP contribution is -2.43. The number of nitrogens with one attached hydrogen (secondary N) is 3. The Morgan fingerprint density at radius 2 is 1.44 bits per heavy atom. The number of carbonyl (C=O) groups excluding carboxylic acids is 3. The van der Waals surface area contributed by atoms with Crippen LogP contribution in [0.5, 0.6) is 0 Å². The van der Waals surface area contributed by atoms with Crippen LogP contribution in [0.15, 0.2) is 36.4 Å². The Kier molecular flexibility index (Phi) is 9.19. The van der Waals surface area contributed by atoms with E-state index in [4.69, 9.17) is 22.0 Å². The van der Waals surface area contributed by atoms with E-state index in [1.807, 2.05) is 19.6 Å². The quantitative estimate of drug-likeness (QED) is 0.289. The fourth-order valence-electron chi connectivity index (χ4n) is 2.60. The number of ketones is 1. The molecule has 220 valence electrons. The number of hydrogen-bond acceptors (Lipinski definition) is 7. The van der Waals surface area contributed by atoms with Gasteiger partial charge in [0.15, 0.2) is 8.07 Å². The maximum atomic E-state index is 13.9. The Balaban J connectivity index is 0.000000372. The van der Waals surface area contributed by atoms with Gasteiger partial charge in [-0.05, 0) is 62.0 Å². The SMILES string of the molecule is CNC(=O)c1ccc(N)cc1F.C[Si](C)(C)C#N.[2H]C1([2H])CC([2H])([2H])C1(C#N)Nc1ccc(C(=O)NC)c(F)c1.[2H]C1([2H])CC([2H])([2H])C1=O. The summed E-state index contributed by atoms with van der Waals surface area (Å²) in [6.07, 6.45) is -8.71. The number of carbonyl (C=O) groups is 3. The Morgan fingerprint density at radius 3 is 1.76 bits per heavy atom. The van der Waals surface area contributed by atoms with Gasteiger partial charge in [-0.3, -0.25) is 14.4 Å². The zero-order valence-electron chi connectivity index (χ0n) is 31.3. The van der Waals surface area contributed by atoms with E-state index in [1.54, 1.807) is 6.07 Å². The van der Waals surface area contributed by atoms with Crippen molar-refractivity contribution < 1.29 is 34.1 Å². The molecular weight excluding hydrogens is 546 g/mol. The van der Waals surface area contributed by atoms with E-state index in [9.17, 15) is 28.4 Å². The highest BCUT2D eigenvalue weighted by Crippen LogP contribution is 2.34. The summed E-state index contributed by atoms with van der Waals surface area (Å²) in [5, 5.41) is 24.5. The molecule has 2 aliphatic carbocycles. The molecule has 2 saturated carbocycles. The predicted octanol–water partition coefficient (Wildman–Crippen LogP) is 4.94. The number of rotatable bonds is 4. The molecular formula is C29H38F2N6O3Si. The molecule has 2 aliphatic rings. The van der Waals surface area contributed by atoms with Crippen LogP contribution in [0.1, 0.15) is 70.0 Å². The van der Waals surface area contributed by atoms with Crippen molar-refractivity contribution in [2.24, 2.45) is 0 Å². The summed E-state index contributed by atoms with van der Waals surface area (Å²) in [6.45, 7) is 6.06. The van der Waals surface area contributed by atoms with Crippen molar-refractivity contribution in [3.05, 3.63) is 59.2 Å². The normalized spacial score (nSPS) is 21.9. The fraction of sp³-hybridized carbons (Fsp3) is 0.414. The third-order valence-electron chi connectivity index (χ3n) is 4.95. The first kappa shape index (κ1) is 23.4. The van der Waals surface area contributed by atoms with Gasteiger partial charge >= 0.3 is 0 Å². The second kappa shape index (κ2) is 16.1. The summed E-state index contributed by atoms with van der Waals surface area (Å²) in [5.41, 5.74) is 5.57.